The summed E-state index contributed by atoms with van der Waals surface area (Å²) in [5.41, 5.74) is 1.64. The van der Waals surface area contributed by atoms with Crippen LogP contribution in [0.2, 0.25) is 0 Å². The van der Waals surface area contributed by atoms with E-state index >= 15 is 0 Å². The molecule has 0 nitrogen and oxygen atoms in total. The third-order valence-electron chi connectivity index (χ3n) is 11.5. The van der Waals surface area contributed by atoms with Crippen molar-refractivity contribution in [1.82, 2.24) is 0 Å². The fraction of sp³-hybridized carbons (Fsp3) is 0. The van der Waals surface area contributed by atoms with Crippen LogP contribution in [0.1, 0.15) is 11.1 Å². The van der Waals surface area contributed by atoms with Gasteiger partial charge in [0.1, 0.15) is 53.5 Å². The number of benzene rings is 11. The molecule has 0 fully saturated rings. The number of fused-ring (bicyclic) bond motifs is 6. The first-order valence-corrected chi connectivity index (χ1v) is 24.5. The SMILES string of the molecule is Fc1ccc([PH+](c2ccccc2)c2ccccc2)c([PH+](c2ccccc2)c2ccccc2)c1.[Ag+].[Ag+].[C-]#Cc1ccc2c(ccc3ccccc32)c1.[C-]#Cc1ccc2c(ccc3ccccc32)c1. The van der Waals surface area contributed by atoms with Crippen LogP contribution in [0.5, 0.6) is 0 Å². The third kappa shape index (κ3) is 11.3. The number of hydrogen-bond acceptors (Lipinski definition) is 0. The van der Waals surface area contributed by atoms with Crippen LogP contribution >= 0.6 is 15.8 Å². The molecule has 0 atom stereocenters. The first-order valence-electron chi connectivity index (χ1n) is 21.5. The Morgan fingerprint density at radius 2 is 0.627 bits per heavy atom. The second-order valence-electron chi connectivity index (χ2n) is 15.6. The molecule has 0 radical (unpaired) electrons. The zero-order valence-corrected chi connectivity index (χ0v) is 41.1. The maximum absolute atomic E-state index is 14.8. The molecule has 0 heterocycles. The Balaban J connectivity index is 0.000000164. The summed E-state index contributed by atoms with van der Waals surface area (Å²) in [7, 11) is -2.73. The zero-order valence-electron chi connectivity index (χ0n) is 36.2. The van der Waals surface area contributed by atoms with Gasteiger partial charge in [0.2, 0.25) is 0 Å². The van der Waals surface area contributed by atoms with E-state index < -0.39 is 15.8 Å². The summed E-state index contributed by atoms with van der Waals surface area (Å²) in [5, 5.41) is 17.4. The summed E-state index contributed by atoms with van der Waals surface area (Å²) in [4.78, 5) is 0. The molecular formula is C62H43Ag2FP2+2. The molecule has 328 valence electrons. The van der Waals surface area contributed by atoms with Crippen molar-refractivity contribution < 1.29 is 49.2 Å². The van der Waals surface area contributed by atoms with E-state index in [0.29, 0.717) is 0 Å². The Kier molecular flexibility index (Phi) is 17.1. The molecule has 0 N–H and O–H groups in total. The van der Waals surface area contributed by atoms with Gasteiger partial charge < -0.3 is 12.8 Å². The Labute approximate surface area is 426 Å². The Hall–Kier alpha value is -6.15. The Morgan fingerprint density at radius 3 is 1.01 bits per heavy atom. The monoisotopic (exact) mass is 1080 g/mol. The summed E-state index contributed by atoms with van der Waals surface area (Å²) in [5.74, 6) is 4.66. The minimum Gasteiger partial charge on any atom is -0.366 e. The largest absolute Gasteiger partial charge is 1.00 e. The first kappa shape index (κ1) is 48.8. The van der Waals surface area contributed by atoms with Crippen LogP contribution in [0.3, 0.4) is 0 Å². The summed E-state index contributed by atoms with van der Waals surface area (Å²) >= 11 is 0. The van der Waals surface area contributed by atoms with E-state index in [1.54, 1.807) is 12.1 Å². The van der Waals surface area contributed by atoms with Crippen molar-refractivity contribution in [1.29, 1.82) is 0 Å². The Morgan fingerprint density at radius 1 is 0.299 bits per heavy atom. The molecule has 0 aliphatic rings. The van der Waals surface area contributed by atoms with E-state index in [4.69, 9.17) is 12.8 Å². The molecule has 0 unspecified atom stereocenters. The number of halogens is 1. The van der Waals surface area contributed by atoms with Crippen LogP contribution in [0.25, 0.3) is 43.1 Å². The van der Waals surface area contributed by atoms with Gasteiger partial charge in [0.15, 0.2) is 0 Å². The number of rotatable bonds is 6. The van der Waals surface area contributed by atoms with Crippen molar-refractivity contribution in [3.8, 4) is 11.8 Å². The van der Waals surface area contributed by atoms with E-state index in [1.165, 1.54) is 58.8 Å². The fourth-order valence-electron chi connectivity index (χ4n) is 8.50. The van der Waals surface area contributed by atoms with Gasteiger partial charge in [-0.25, -0.2) is 4.39 Å². The molecule has 0 aliphatic heterocycles. The van der Waals surface area contributed by atoms with Crippen molar-refractivity contribution in [2.75, 3.05) is 0 Å². The minimum absolute atomic E-state index is 0. The van der Waals surface area contributed by atoms with Crippen LogP contribution in [0.4, 0.5) is 4.39 Å². The van der Waals surface area contributed by atoms with Gasteiger partial charge in [-0.05, 0) is 104 Å². The summed E-state index contributed by atoms with van der Waals surface area (Å²) in [6.45, 7) is 0. The maximum atomic E-state index is 14.8. The smallest absolute Gasteiger partial charge is 0.366 e. The molecule has 5 heteroatoms. The summed E-state index contributed by atoms with van der Waals surface area (Å²) < 4.78 is 14.8. The predicted octanol–water partition coefficient (Wildman–Crippen LogP) is 12.7. The molecule has 0 aromatic heterocycles. The molecule has 0 aliphatic carbocycles. The van der Waals surface area contributed by atoms with Crippen LogP contribution in [-0.2, 0) is 44.8 Å². The van der Waals surface area contributed by atoms with Crippen molar-refractivity contribution in [2.45, 2.75) is 0 Å². The minimum atomic E-state index is -1.40. The van der Waals surface area contributed by atoms with Gasteiger partial charge in [0, 0.05) is 6.07 Å². The van der Waals surface area contributed by atoms with Crippen LogP contribution in [0.15, 0.2) is 249 Å². The fourth-order valence-corrected chi connectivity index (χ4v) is 14.5. The van der Waals surface area contributed by atoms with Gasteiger partial charge in [0.05, 0.1) is 0 Å². The molecule has 0 spiro atoms. The molecule has 11 aromatic rings. The molecule has 11 aromatic carbocycles. The van der Waals surface area contributed by atoms with E-state index in [9.17, 15) is 4.39 Å². The van der Waals surface area contributed by atoms with E-state index in [2.05, 4.69) is 194 Å². The second kappa shape index (κ2) is 23.5. The van der Waals surface area contributed by atoms with E-state index in [1.807, 2.05) is 54.6 Å². The van der Waals surface area contributed by atoms with Crippen molar-refractivity contribution in [2.24, 2.45) is 0 Å². The normalized spacial score (nSPS) is 10.5. The van der Waals surface area contributed by atoms with E-state index in [-0.39, 0.29) is 50.6 Å². The first-order chi connectivity index (χ1) is 32.1. The molecule has 0 saturated heterocycles. The van der Waals surface area contributed by atoms with Crippen molar-refractivity contribution in [3.63, 3.8) is 0 Å². The standard InChI is InChI=1S/C30H23FP2.2C16H9.2Ag/c31-24-21-22-29(32(25-13-5-1-6-14-25)26-15-7-2-8-16-26)30(23-24)33(27-17-9-3-10-18-27)28-19-11-4-12-20-28;2*1-2-12-7-10-16-14(11-12)9-8-13-5-3-4-6-15(13)16;;/h1-23H;2*3-11H;;/q;2*-1;2*+1/p+2. The van der Waals surface area contributed by atoms with Gasteiger partial charge >= 0.3 is 44.8 Å². The zero-order chi connectivity index (χ0) is 44.4. The van der Waals surface area contributed by atoms with Gasteiger partial charge in [-0.1, -0.05) is 158 Å². The molecule has 0 saturated carbocycles. The van der Waals surface area contributed by atoms with Crippen LogP contribution in [0, 0.1) is 30.5 Å². The van der Waals surface area contributed by atoms with Crippen LogP contribution in [-0.4, -0.2) is 0 Å². The topological polar surface area (TPSA) is 0 Å². The Bertz CT molecular complexity index is 3270. The summed E-state index contributed by atoms with van der Waals surface area (Å²) in [6.07, 6.45) is 14.3. The predicted molar refractivity (Wildman–Crippen MR) is 282 cm³/mol. The summed E-state index contributed by atoms with van der Waals surface area (Å²) in [6, 6.07) is 85.1. The molecule has 67 heavy (non-hydrogen) atoms. The molecule has 11 rings (SSSR count). The third-order valence-corrected chi connectivity index (χ3v) is 17.4. The average Bonchev–Trinajstić information content (AvgIpc) is 3.38. The van der Waals surface area contributed by atoms with Gasteiger partial charge in [-0.2, -0.15) is 0 Å². The quantitative estimate of drug-likeness (QED) is 0.0512. The van der Waals surface area contributed by atoms with Crippen LogP contribution < -0.4 is 31.8 Å². The van der Waals surface area contributed by atoms with Crippen molar-refractivity contribution >= 4 is 90.8 Å². The molecule has 0 bridgehead atoms. The van der Waals surface area contributed by atoms with E-state index in [0.717, 1.165) is 27.2 Å². The van der Waals surface area contributed by atoms with Crippen molar-refractivity contribution in [3.05, 3.63) is 279 Å². The molecule has 0 amide bonds. The average molecular weight is 1080 g/mol. The molecular weight excluding hydrogens is 1040 g/mol. The van der Waals surface area contributed by atoms with Gasteiger partial charge in [0.25, 0.3) is 0 Å². The van der Waals surface area contributed by atoms with Gasteiger partial charge in [-0.15, -0.1) is 35.4 Å². The number of hydrogen-bond donors (Lipinski definition) is 0. The second-order valence-corrected chi connectivity index (χ2v) is 20.5. The maximum Gasteiger partial charge on any atom is 1.00 e. The van der Waals surface area contributed by atoms with Gasteiger partial charge in [-0.3, -0.25) is 11.8 Å².